The minimum absolute atomic E-state index is 0.656. The molecule has 0 amide bonds. The molecule has 0 spiro atoms. The van der Waals surface area contributed by atoms with E-state index in [2.05, 4.69) is 11.9 Å². The smallest absolute Gasteiger partial charge is 0.152 e. The predicted octanol–water partition coefficient (Wildman–Crippen LogP) is 3.39. The molecule has 0 saturated carbocycles. The molecular weight excluding hydrogens is 174 g/mol. The Morgan fingerprint density at radius 1 is 1.43 bits per heavy atom. The van der Waals surface area contributed by atoms with Crippen LogP contribution in [0.1, 0.15) is 37.0 Å². The van der Waals surface area contributed by atoms with Gasteiger partial charge in [0.1, 0.15) is 0 Å². The molecule has 0 aliphatic carbocycles. The van der Waals surface area contributed by atoms with Gasteiger partial charge in [-0.2, -0.15) is 0 Å². The largest absolute Gasteiger partial charge is 0.298 e. The summed E-state index contributed by atoms with van der Waals surface area (Å²) in [6.45, 7) is 4.11. The Morgan fingerprint density at radius 2 is 2.14 bits per heavy atom. The molecule has 1 aromatic rings. The molecule has 14 heavy (non-hydrogen) atoms. The van der Waals surface area contributed by atoms with Crippen LogP contribution < -0.4 is 0 Å². The van der Waals surface area contributed by atoms with Gasteiger partial charge in [-0.1, -0.05) is 25.5 Å². The number of para-hydroxylation sites is 1. The van der Waals surface area contributed by atoms with Crippen molar-refractivity contribution in [1.29, 1.82) is 0 Å². The van der Waals surface area contributed by atoms with Crippen LogP contribution in [-0.2, 0) is 0 Å². The zero-order valence-electron chi connectivity index (χ0n) is 8.66. The van der Waals surface area contributed by atoms with Gasteiger partial charge in [-0.05, 0) is 25.5 Å². The number of carbonyl (C=O) groups excluding carboxylic acids is 1. The van der Waals surface area contributed by atoms with Crippen molar-refractivity contribution in [3.05, 3.63) is 29.8 Å². The van der Waals surface area contributed by atoms with E-state index in [-0.39, 0.29) is 0 Å². The molecule has 0 radical (unpaired) electrons. The SMILES string of the molecule is CCCC(C)=Nc1ccccc1C=O. The summed E-state index contributed by atoms with van der Waals surface area (Å²) < 4.78 is 0. The van der Waals surface area contributed by atoms with Gasteiger partial charge in [0.25, 0.3) is 0 Å². The van der Waals surface area contributed by atoms with Gasteiger partial charge in [-0.3, -0.25) is 9.79 Å². The Labute approximate surface area is 84.7 Å². The minimum Gasteiger partial charge on any atom is -0.298 e. The van der Waals surface area contributed by atoms with E-state index in [0.29, 0.717) is 5.56 Å². The number of carbonyl (C=O) groups is 1. The summed E-state index contributed by atoms with van der Waals surface area (Å²) in [5, 5.41) is 0. The summed E-state index contributed by atoms with van der Waals surface area (Å²) >= 11 is 0. The van der Waals surface area contributed by atoms with Crippen LogP contribution in [0.5, 0.6) is 0 Å². The molecule has 0 N–H and O–H groups in total. The molecular formula is C12H15NO. The van der Waals surface area contributed by atoms with Crippen LogP contribution in [-0.4, -0.2) is 12.0 Å². The molecule has 0 bridgehead atoms. The molecule has 1 rings (SSSR count). The van der Waals surface area contributed by atoms with E-state index in [1.807, 2.05) is 25.1 Å². The average Bonchev–Trinajstić information content (AvgIpc) is 2.19. The average molecular weight is 189 g/mol. The molecule has 0 unspecified atom stereocenters. The van der Waals surface area contributed by atoms with E-state index in [1.165, 1.54) is 0 Å². The lowest BCUT2D eigenvalue weighted by molar-refractivity contribution is 0.112. The highest BCUT2D eigenvalue weighted by molar-refractivity contribution is 5.89. The van der Waals surface area contributed by atoms with Crippen molar-refractivity contribution in [2.75, 3.05) is 0 Å². The van der Waals surface area contributed by atoms with Crippen LogP contribution in [0.2, 0.25) is 0 Å². The third-order valence-electron chi connectivity index (χ3n) is 1.99. The summed E-state index contributed by atoms with van der Waals surface area (Å²) in [6, 6.07) is 7.39. The normalized spacial score (nSPS) is 11.4. The van der Waals surface area contributed by atoms with Crippen molar-refractivity contribution < 1.29 is 4.79 Å². The molecule has 0 atom stereocenters. The first-order chi connectivity index (χ1) is 6.77. The maximum atomic E-state index is 10.7. The summed E-state index contributed by atoms with van der Waals surface area (Å²) in [5.41, 5.74) is 2.50. The second kappa shape index (κ2) is 5.32. The second-order valence-electron chi connectivity index (χ2n) is 3.27. The van der Waals surface area contributed by atoms with Gasteiger partial charge in [0.05, 0.1) is 5.69 Å². The van der Waals surface area contributed by atoms with Crippen molar-refractivity contribution >= 4 is 17.7 Å². The van der Waals surface area contributed by atoms with E-state index in [9.17, 15) is 4.79 Å². The molecule has 0 heterocycles. The van der Waals surface area contributed by atoms with Crippen molar-refractivity contribution in [2.45, 2.75) is 26.7 Å². The van der Waals surface area contributed by atoms with Crippen molar-refractivity contribution in [3.63, 3.8) is 0 Å². The first-order valence-corrected chi connectivity index (χ1v) is 4.86. The monoisotopic (exact) mass is 189 g/mol. The van der Waals surface area contributed by atoms with Crippen LogP contribution in [0.3, 0.4) is 0 Å². The minimum atomic E-state index is 0.656. The van der Waals surface area contributed by atoms with Crippen LogP contribution in [0.4, 0.5) is 5.69 Å². The Hall–Kier alpha value is -1.44. The quantitative estimate of drug-likeness (QED) is 0.527. The summed E-state index contributed by atoms with van der Waals surface area (Å²) in [7, 11) is 0. The van der Waals surface area contributed by atoms with Crippen LogP contribution in [0.15, 0.2) is 29.3 Å². The molecule has 0 aliphatic heterocycles. The third-order valence-corrected chi connectivity index (χ3v) is 1.99. The van der Waals surface area contributed by atoms with Crippen molar-refractivity contribution in [3.8, 4) is 0 Å². The molecule has 0 aromatic heterocycles. The first-order valence-electron chi connectivity index (χ1n) is 4.86. The Kier molecular flexibility index (Phi) is 4.05. The van der Waals surface area contributed by atoms with Crippen LogP contribution in [0.25, 0.3) is 0 Å². The molecule has 0 saturated heterocycles. The maximum Gasteiger partial charge on any atom is 0.152 e. The first kappa shape index (κ1) is 10.6. The summed E-state index contributed by atoms with van der Waals surface area (Å²) in [5.74, 6) is 0. The molecule has 74 valence electrons. The van der Waals surface area contributed by atoms with Crippen molar-refractivity contribution in [2.24, 2.45) is 4.99 Å². The lowest BCUT2D eigenvalue weighted by Gasteiger charge is -2.00. The highest BCUT2D eigenvalue weighted by atomic mass is 16.1. The number of benzene rings is 1. The Morgan fingerprint density at radius 3 is 2.79 bits per heavy atom. The Balaban J connectivity index is 2.95. The number of nitrogens with zero attached hydrogens (tertiary/aromatic N) is 1. The van der Waals surface area contributed by atoms with Crippen LogP contribution >= 0.6 is 0 Å². The molecule has 2 heteroatoms. The standard InChI is InChI=1S/C12H15NO/c1-3-6-10(2)13-12-8-5-4-7-11(12)9-14/h4-5,7-9H,3,6H2,1-2H3. The fourth-order valence-corrected chi connectivity index (χ4v) is 1.31. The number of aldehydes is 1. The van der Waals surface area contributed by atoms with Gasteiger partial charge in [-0.25, -0.2) is 0 Å². The highest BCUT2D eigenvalue weighted by Gasteiger charge is 1.98. The lowest BCUT2D eigenvalue weighted by Crippen LogP contribution is -1.90. The lowest BCUT2D eigenvalue weighted by atomic mass is 10.2. The summed E-state index contributed by atoms with van der Waals surface area (Å²) in [4.78, 5) is 15.1. The fourth-order valence-electron chi connectivity index (χ4n) is 1.31. The second-order valence-corrected chi connectivity index (χ2v) is 3.27. The van der Waals surface area contributed by atoms with E-state index < -0.39 is 0 Å². The van der Waals surface area contributed by atoms with Crippen LogP contribution in [0, 0.1) is 0 Å². The van der Waals surface area contributed by atoms with Gasteiger partial charge >= 0.3 is 0 Å². The number of rotatable bonds is 4. The van der Waals surface area contributed by atoms with E-state index in [1.54, 1.807) is 6.07 Å². The molecule has 1 aromatic carbocycles. The maximum absolute atomic E-state index is 10.7. The van der Waals surface area contributed by atoms with Gasteiger partial charge in [0.2, 0.25) is 0 Å². The number of aliphatic imine (C=N–C) groups is 1. The van der Waals surface area contributed by atoms with Gasteiger partial charge in [0.15, 0.2) is 6.29 Å². The van der Waals surface area contributed by atoms with Gasteiger partial charge in [0, 0.05) is 11.3 Å². The zero-order chi connectivity index (χ0) is 10.4. The molecule has 2 nitrogen and oxygen atoms in total. The predicted molar refractivity (Wildman–Crippen MR) is 59.5 cm³/mol. The fraction of sp³-hybridized carbons (Fsp3) is 0.333. The van der Waals surface area contributed by atoms with E-state index in [0.717, 1.165) is 30.5 Å². The van der Waals surface area contributed by atoms with Gasteiger partial charge in [-0.15, -0.1) is 0 Å². The highest BCUT2D eigenvalue weighted by Crippen LogP contribution is 2.17. The summed E-state index contributed by atoms with van der Waals surface area (Å²) in [6.07, 6.45) is 2.91. The number of hydrogen-bond acceptors (Lipinski definition) is 2. The molecule has 0 fully saturated rings. The van der Waals surface area contributed by atoms with E-state index in [4.69, 9.17) is 0 Å². The molecule has 0 aliphatic rings. The Bertz CT molecular complexity index is 342. The topological polar surface area (TPSA) is 29.4 Å². The van der Waals surface area contributed by atoms with Crippen molar-refractivity contribution in [1.82, 2.24) is 0 Å². The third kappa shape index (κ3) is 2.80. The number of hydrogen-bond donors (Lipinski definition) is 0. The van der Waals surface area contributed by atoms with Gasteiger partial charge < -0.3 is 0 Å². The zero-order valence-corrected chi connectivity index (χ0v) is 8.66. The van der Waals surface area contributed by atoms with E-state index >= 15 is 0 Å².